The van der Waals surface area contributed by atoms with Crippen LogP contribution in [0.4, 0.5) is 0 Å². The molecule has 2 heterocycles. The number of carbonyl (C=O) groups excluding carboxylic acids is 2. The highest BCUT2D eigenvalue weighted by Crippen LogP contribution is 2.35. The fourth-order valence-corrected chi connectivity index (χ4v) is 4.10. The molecule has 1 N–H and O–H groups in total. The molecule has 9 nitrogen and oxygen atoms in total. The number of carboxylic acids is 1. The van der Waals surface area contributed by atoms with Gasteiger partial charge in [0.2, 0.25) is 5.43 Å². The van der Waals surface area contributed by atoms with Crippen LogP contribution in [0, 0.1) is 12.8 Å². The van der Waals surface area contributed by atoms with Gasteiger partial charge in [0.1, 0.15) is 17.1 Å². The van der Waals surface area contributed by atoms with E-state index < -0.39 is 24.5 Å². The molecule has 4 rings (SSSR count). The summed E-state index contributed by atoms with van der Waals surface area (Å²) in [6.07, 6.45) is 1.03. The van der Waals surface area contributed by atoms with Crippen LogP contribution in [0.3, 0.4) is 0 Å². The molecule has 0 bridgehead atoms. The second kappa shape index (κ2) is 10.7. The molecule has 1 aliphatic heterocycles. The lowest BCUT2D eigenvalue weighted by Crippen LogP contribution is -2.49. The monoisotopic (exact) mass is 494 g/mol. The van der Waals surface area contributed by atoms with Crippen LogP contribution in [-0.2, 0) is 9.59 Å². The number of aryl methyl sites for hydroxylation is 1. The molecule has 0 unspecified atom stereocenters. The second-order valence-electron chi connectivity index (χ2n) is 9.09. The van der Waals surface area contributed by atoms with E-state index in [9.17, 15) is 19.5 Å². The normalized spacial score (nSPS) is 13.8. The number of fused-ring (bicyclic) bond motifs is 2. The number of nitrogens with one attached hydrogen (secondary N) is 1. The Morgan fingerprint density at radius 2 is 1.83 bits per heavy atom. The van der Waals surface area contributed by atoms with E-state index >= 15 is 0 Å². The summed E-state index contributed by atoms with van der Waals surface area (Å²) in [5.74, 6) is 0.0778. The van der Waals surface area contributed by atoms with Crippen molar-refractivity contribution in [3.8, 4) is 28.4 Å². The first-order valence-corrected chi connectivity index (χ1v) is 11.8. The third-order valence-electron chi connectivity index (χ3n) is 5.77. The van der Waals surface area contributed by atoms with Crippen molar-refractivity contribution in [2.45, 2.75) is 39.7 Å². The summed E-state index contributed by atoms with van der Waals surface area (Å²) in [7, 11) is 0. The Bertz CT molecular complexity index is 1340. The lowest BCUT2D eigenvalue weighted by molar-refractivity contribution is -0.308. The van der Waals surface area contributed by atoms with E-state index in [4.69, 9.17) is 18.6 Å². The van der Waals surface area contributed by atoms with Crippen LogP contribution in [-0.4, -0.2) is 37.7 Å². The zero-order valence-corrected chi connectivity index (χ0v) is 20.4. The van der Waals surface area contributed by atoms with Crippen molar-refractivity contribution < 1.29 is 33.3 Å². The summed E-state index contributed by atoms with van der Waals surface area (Å²) in [5.41, 5.74) is 1.18. The van der Waals surface area contributed by atoms with Crippen molar-refractivity contribution in [2.24, 2.45) is 5.92 Å². The van der Waals surface area contributed by atoms with Crippen LogP contribution < -0.4 is 30.1 Å². The molecule has 0 radical (unpaired) electrons. The van der Waals surface area contributed by atoms with Gasteiger partial charge in [0.25, 0.3) is 5.91 Å². The highest BCUT2D eigenvalue weighted by Gasteiger charge is 2.19. The molecule has 1 aromatic heterocycles. The fourth-order valence-electron chi connectivity index (χ4n) is 4.10. The van der Waals surface area contributed by atoms with E-state index in [1.54, 1.807) is 37.3 Å². The predicted octanol–water partition coefficient (Wildman–Crippen LogP) is 2.59. The minimum atomic E-state index is -1.34. The number of benzene rings is 2. The molecule has 36 heavy (non-hydrogen) atoms. The summed E-state index contributed by atoms with van der Waals surface area (Å²) in [6, 6.07) is 8.93. The summed E-state index contributed by atoms with van der Waals surface area (Å²) in [6.45, 7) is 6.12. The van der Waals surface area contributed by atoms with Gasteiger partial charge in [0, 0.05) is 12.5 Å². The van der Waals surface area contributed by atoms with E-state index in [1.165, 1.54) is 6.07 Å². The maximum absolute atomic E-state index is 13.3. The largest absolute Gasteiger partial charge is 0.548 e. The highest BCUT2D eigenvalue weighted by molar-refractivity contribution is 5.85. The fraction of sp³-hybridized carbons (Fsp3) is 0.370. The summed E-state index contributed by atoms with van der Waals surface area (Å²) < 4.78 is 22.9. The molecule has 0 saturated carbocycles. The van der Waals surface area contributed by atoms with E-state index in [1.807, 2.05) is 13.8 Å². The van der Waals surface area contributed by atoms with Gasteiger partial charge in [-0.15, -0.1) is 0 Å². The second-order valence-corrected chi connectivity index (χ2v) is 9.09. The molecule has 0 spiro atoms. The Labute approximate surface area is 208 Å². The number of hydrogen-bond acceptors (Lipinski definition) is 8. The van der Waals surface area contributed by atoms with E-state index in [0.717, 1.165) is 6.42 Å². The number of hydrogen-bond donors (Lipinski definition) is 1. The van der Waals surface area contributed by atoms with Crippen LogP contribution in [0.25, 0.3) is 22.1 Å². The van der Waals surface area contributed by atoms with Crippen molar-refractivity contribution in [3.63, 3.8) is 0 Å². The third-order valence-corrected chi connectivity index (χ3v) is 5.77. The Morgan fingerprint density at radius 3 is 2.56 bits per heavy atom. The highest BCUT2D eigenvalue weighted by atomic mass is 16.5. The molecular weight excluding hydrogens is 466 g/mol. The SMILES string of the molecule is Cc1oc2cc(OCC(=O)N[C@@H](CC(C)C)C(=O)[O-])ccc2c(=O)c1-c1ccc2c(c1)OCCCO2. The molecule has 0 saturated heterocycles. The number of rotatable bonds is 8. The molecule has 3 aromatic rings. The molecule has 1 atom stereocenters. The smallest absolute Gasteiger partial charge is 0.258 e. The Balaban J connectivity index is 1.53. The minimum Gasteiger partial charge on any atom is -0.548 e. The molecule has 2 aromatic carbocycles. The van der Waals surface area contributed by atoms with Gasteiger partial charge >= 0.3 is 0 Å². The zero-order valence-electron chi connectivity index (χ0n) is 20.4. The number of carbonyl (C=O) groups is 2. The molecule has 0 fully saturated rings. The van der Waals surface area contributed by atoms with Crippen LogP contribution >= 0.6 is 0 Å². The molecule has 1 aliphatic rings. The topological polar surface area (TPSA) is 127 Å². The zero-order chi connectivity index (χ0) is 25.8. The number of aliphatic carboxylic acids is 1. The van der Waals surface area contributed by atoms with Crippen molar-refractivity contribution in [2.75, 3.05) is 19.8 Å². The van der Waals surface area contributed by atoms with Gasteiger partial charge in [-0.2, -0.15) is 0 Å². The number of carboxylic acid groups (broad SMARTS) is 1. The van der Waals surface area contributed by atoms with Gasteiger partial charge < -0.3 is 33.8 Å². The molecule has 9 heteroatoms. The molecule has 190 valence electrons. The van der Waals surface area contributed by atoms with E-state index in [-0.39, 0.29) is 17.8 Å². The van der Waals surface area contributed by atoms with Crippen molar-refractivity contribution >= 4 is 22.8 Å². The van der Waals surface area contributed by atoms with Gasteiger partial charge in [-0.1, -0.05) is 19.9 Å². The predicted molar refractivity (Wildman–Crippen MR) is 130 cm³/mol. The first-order chi connectivity index (χ1) is 17.2. The third kappa shape index (κ3) is 5.62. The van der Waals surface area contributed by atoms with Crippen LogP contribution in [0.5, 0.6) is 17.2 Å². The summed E-state index contributed by atoms with van der Waals surface area (Å²) in [5, 5.41) is 14.0. The quantitative estimate of drug-likeness (QED) is 0.506. The van der Waals surface area contributed by atoms with Gasteiger partial charge in [-0.3, -0.25) is 9.59 Å². The Kier molecular flexibility index (Phi) is 7.47. The summed E-state index contributed by atoms with van der Waals surface area (Å²) in [4.78, 5) is 36.8. The Morgan fingerprint density at radius 1 is 1.08 bits per heavy atom. The van der Waals surface area contributed by atoms with Crippen LogP contribution in [0.1, 0.15) is 32.4 Å². The van der Waals surface area contributed by atoms with Gasteiger partial charge in [-0.25, -0.2) is 0 Å². The number of ether oxygens (including phenoxy) is 3. The maximum Gasteiger partial charge on any atom is 0.258 e. The first kappa shape index (κ1) is 25.1. The maximum atomic E-state index is 13.3. The van der Waals surface area contributed by atoms with Crippen molar-refractivity contribution in [1.29, 1.82) is 0 Å². The van der Waals surface area contributed by atoms with Crippen molar-refractivity contribution in [1.82, 2.24) is 5.32 Å². The lowest BCUT2D eigenvalue weighted by atomic mass is 10.0. The standard InChI is InChI=1S/C27H29NO8/c1-15(2)11-20(27(31)32)28-24(29)14-35-18-6-7-19-22(13-18)36-16(3)25(26(19)30)17-5-8-21-23(12-17)34-10-4-9-33-21/h5-8,12-13,15,20H,4,9-11,14H2,1-3H3,(H,28,29)(H,31,32)/p-1/t20-/m0/s1. The van der Waals surface area contributed by atoms with Gasteiger partial charge in [-0.05, 0) is 49.1 Å². The Hall–Kier alpha value is -4.01. The average Bonchev–Trinajstić information content (AvgIpc) is 3.07. The van der Waals surface area contributed by atoms with Crippen LogP contribution in [0.2, 0.25) is 0 Å². The van der Waals surface area contributed by atoms with Gasteiger partial charge in [0.05, 0.1) is 36.2 Å². The minimum absolute atomic E-state index is 0.0669. The lowest BCUT2D eigenvalue weighted by Gasteiger charge is -2.21. The van der Waals surface area contributed by atoms with Crippen LogP contribution in [0.15, 0.2) is 45.6 Å². The average molecular weight is 495 g/mol. The molecular formula is C27H28NO8-. The van der Waals surface area contributed by atoms with E-state index in [0.29, 0.717) is 58.3 Å². The molecule has 1 amide bonds. The van der Waals surface area contributed by atoms with Gasteiger partial charge in [0.15, 0.2) is 18.1 Å². The molecule has 0 aliphatic carbocycles. The van der Waals surface area contributed by atoms with E-state index in [2.05, 4.69) is 5.32 Å². The first-order valence-electron chi connectivity index (χ1n) is 11.8. The number of amides is 1. The van der Waals surface area contributed by atoms with Crippen molar-refractivity contribution in [3.05, 3.63) is 52.4 Å². The summed E-state index contributed by atoms with van der Waals surface area (Å²) >= 11 is 0.